The van der Waals surface area contributed by atoms with Gasteiger partial charge in [0.05, 0.1) is 12.5 Å². The number of H-pyrrole nitrogens is 2. The summed E-state index contributed by atoms with van der Waals surface area (Å²) in [5.74, 6) is -10.8. The first-order valence-corrected chi connectivity index (χ1v) is 30.5. The van der Waals surface area contributed by atoms with Crippen molar-refractivity contribution >= 4 is 92.9 Å². The number of nitrogens with one attached hydrogen (secondary N) is 15. The fourth-order valence-corrected chi connectivity index (χ4v) is 10.3. The van der Waals surface area contributed by atoms with Gasteiger partial charge in [0.2, 0.25) is 53.2 Å². The van der Waals surface area contributed by atoms with Crippen LogP contribution in [0.2, 0.25) is 0 Å². The number of hydrogen-bond donors (Lipinski definition) is 19. The van der Waals surface area contributed by atoms with Crippen LogP contribution < -0.4 is 75.5 Å². The highest BCUT2D eigenvalue weighted by Gasteiger charge is 2.36. The van der Waals surface area contributed by atoms with Crippen LogP contribution in [0.5, 0.6) is 5.75 Å². The molecule has 1 unspecified atom stereocenters. The maximum absolute atomic E-state index is 14.6. The third-order valence-corrected chi connectivity index (χ3v) is 15.1. The van der Waals surface area contributed by atoms with Crippen molar-refractivity contribution in [2.24, 2.45) is 17.4 Å². The molecule has 0 aliphatic rings. The molecule has 4 aromatic carbocycles. The fourth-order valence-electron chi connectivity index (χ4n) is 10.3. The minimum absolute atomic E-state index is 0.00276. The minimum Gasteiger partial charge on any atom is -0.508 e. The molecule has 0 spiro atoms. The molecule has 0 bridgehead atoms. The zero-order chi connectivity index (χ0) is 69.5. The highest BCUT2D eigenvalue weighted by atomic mass is 19.1. The number of amides is 12. The number of aliphatic hydroxyl groups is 1. The van der Waals surface area contributed by atoms with E-state index < -0.39 is 138 Å². The Morgan fingerprint density at radius 3 is 1.64 bits per heavy atom. The zero-order valence-corrected chi connectivity index (χ0v) is 52.9. The number of aliphatic hydroxyl groups excluding tert-OH is 1. The molecule has 21 N–H and O–H groups in total. The lowest BCUT2D eigenvalue weighted by Gasteiger charge is -2.28. The van der Waals surface area contributed by atoms with Crippen LogP contribution in [0.15, 0.2) is 109 Å². The number of carbonyl (C=O) groups is 11. The SMILES string of the molecule is CNC(=N)NCCC[C@H](NC(=O)[C@H](CC(C)C)NC(=O)NNC(=O)[C@H](Cc1cccc(F)c1)NC(=O)C(NC(=O)[C@H](CC(N)=O)NC(=O)[C@H](Cc1c[nH]c2ccccc12)NC(=O)[C@@H](Cc1ccc(O)cc1)NC(C)=O)[C@@H](C)O)C(=O)N[C@@H](Cc1c[nH]c2ccccc12)C(N)=O. The summed E-state index contributed by atoms with van der Waals surface area (Å²) in [6, 6.07) is 11.5. The van der Waals surface area contributed by atoms with Crippen LogP contribution in [0.1, 0.15) is 75.6 Å². The van der Waals surface area contributed by atoms with Crippen molar-refractivity contribution in [3.63, 3.8) is 0 Å². The first kappa shape index (κ1) is 72.9. The number of nitrogens with two attached hydrogens (primary N) is 2. The van der Waals surface area contributed by atoms with Crippen LogP contribution in [0.4, 0.5) is 9.18 Å². The predicted octanol–water partition coefficient (Wildman–Crippen LogP) is -0.811. The molecule has 0 radical (unpaired) electrons. The number of rotatable bonds is 33. The first-order valence-electron chi connectivity index (χ1n) is 30.5. The van der Waals surface area contributed by atoms with E-state index in [4.69, 9.17) is 16.9 Å². The van der Waals surface area contributed by atoms with Crippen molar-refractivity contribution in [1.29, 1.82) is 5.41 Å². The summed E-state index contributed by atoms with van der Waals surface area (Å²) in [6.45, 7) is 5.94. The van der Waals surface area contributed by atoms with Gasteiger partial charge in [-0.15, -0.1) is 0 Å². The maximum Gasteiger partial charge on any atom is 0.334 e. The Bertz CT molecular complexity index is 3730. The van der Waals surface area contributed by atoms with E-state index in [9.17, 15) is 67.3 Å². The van der Waals surface area contributed by atoms with Gasteiger partial charge in [0.1, 0.15) is 59.9 Å². The summed E-state index contributed by atoms with van der Waals surface area (Å²) in [6.07, 6.45) is -0.0174. The van der Waals surface area contributed by atoms with Crippen LogP contribution in [0.3, 0.4) is 0 Å². The quantitative estimate of drug-likeness (QED) is 0.0104. The molecule has 508 valence electrons. The number of hydrogen-bond acceptors (Lipinski definition) is 14. The summed E-state index contributed by atoms with van der Waals surface area (Å²) >= 11 is 0. The van der Waals surface area contributed by atoms with Gasteiger partial charge in [-0.25, -0.2) is 14.6 Å². The molecular weight excluding hydrogens is 1230 g/mol. The predicted molar refractivity (Wildman–Crippen MR) is 347 cm³/mol. The number of benzene rings is 4. The number of aromatic nitrogens is 2. The number of hydrazine groups is 1. The summed E-state index contributed by atoms with van der Waals surface area (Å²) < 4.78 is 14.6. The molecule has 95 heavy (non-hydrogen) atoms. The standard InChI is InChI=1S/C64H82FN17O13/c1-33(2)24-48(57(89)74-46(18-11-23-70-63(68)69-5)56(88)75-47(55(67)87)28-38-31-71-44-16-8-6-14-42(38)44)79-64(95)82-81-61(93)50(27-37-12-10-13-40(65)25-37)78-62(94)54(34(3)83)80-60(92)52(30-53(66)86)77-59(91)51(29-39-32-72-45-17-9-7-15-43(39)45)76-58(90)49(73-35(4)84)26-36-19-21-41(85)22-20-36/h6-10,12-17,19-22,25,31-34,46-52,54,71-72,83,85H,11,18,23-24,26-30H2,1-5H3,(H2,66,86)(H2,67,87)(H,73,84)(H,74,89)(H,75,88)(H,76,90)(H,77,91)(H,78,94)(H,80,92)(H,81,93)(H3,68,69,70)(H2,79,82,95)/t34-,46+,47+,48+,49-,50+,51+,52+,54?/m1/s1. The van der Waals surface area contributed by atoms with Crippen molar-refractivity contribution in [3.8, 4) is 5.75 Å². The number of phenols is 1. The third kappa shape index (κ3) is 22.6. The number of primary amides is 2. The van der Waals surface area contributed by atoms with Gasteiger partial charge in [0.15, 0.2) is 5.96 Å². The monoisotopic (exact) mass is 1320 g/mol. The highest BCUT2D eigenvalue weighted by molar-refractivity contribution is 5.99. The maximum atomic E-state index is 14.6. The van der Waals surface area contributed by atoms with E-state index in [1.54, 1.807) is 50.5 Å². The molecule has 0 saturated carbocycles. The Morgan fingerprint density at radius 2 is 1.07 bits per heavy atom. The summed E-state index contributed by atoms with van der Waals surface area (Å²) in [4.78, 5) is 157. The van der Waals surface area contributed by atoms with E-state index in [1.807, 2.05) is 24.3 Å². The summed E-state index contributed by atoms with van der Waals surface area (Å²) in [7, 11) is 1.53. The Balaban J connectivity index is 1.17. The molecule has 2 heterocycles. The average molecular weight is 1320 g/mol. The number of para-hydroxylation sites is 2. The van der Waals surface area contributed by atoms with E-state index in [-0.39, 0.29) is 68.3 Å². The molecule has 0 fully saturated rings. The molecule has 31 heteroatoms. The molecule has 0 saturated heterocycles. The van der Waals surface area contributed by atoms with Crippen LogP contribution >= 0.6 is 0 Å². The lowest BCUT2D eigenvalue weighted by Crippen LogP contribution is -2.62. The number of urea groups is 1. The molecule has 9 atom stereocenters. The Morgan fingerprint density at radius 1 is 0.558 bits per heavy atom. The van der Waals surface area contributed by atoms with Crippen molar-refractivity contribution in [2.75, 3.05) is 13.6 Å². The molecule has 30 nitrogen and oxygen atoms in total. The van der Waals surface area contributed by atoms with E-state index in [2.05, 4.69) is 74.0 Å². The van der Waals surface area contributed by atoms with Crippen LogP contribution in [-0.2, 0) is 73.6 Å². The van der Waals surface area contributed by atoms with Gasteiger partial charge in [0, 0.05) is 80.4 Å². The number of guanidine groups is 1. The number of halogens is 1. The fraction of sp³-hybridized carbons (Fsp3) is 0.375. The zero-order valence-electron chi connectivity index (χ0n) is 52.9. The van der Waals surface area contributed by atoms with Crippen LogP contribution in [0.25, 0.3) is 21.8 Å². The van der Waals surface area contributed by atoms with Gasteiger partial charge < -0.3 is 84.8 Å². The minimum atomic E-state index is -1.98. The second-order valence-electron chi connectivity index (χ2n) is 23.2. The van der Waals surface area contributed by atoms with E-state index in [0.717, 1.165) is 30.0 Å². The largest absolute Gasteiger partial charge is 0.508 e. The number of fused-ring (bicyclic) bond motifs is 2. The molecule has 2 aromatic heterocycles. The van der Waals surface area contributed by atoms with E-state index >= 15 is 0 Å². The van der Waals surface area contributed by atoms with Crippen LogP contribution in [-0.4, -0.2) is 159 Å². The Kier molecular flexibility index (Phi) is 26.9. The van der Waals surface area contributed by atoms with Crippen molar-refractivity contribution in [2.45, 2.75) is 134 Å². The lowest BCUT2D eigenvalue weighted by molar-refractivity contribution is -0.137. The highest BCUT2D eigenvalue weighted by Crippen LogP contribution is 2.22. The van der Waals surface area contributed by atoms with Gasteiger partial charge in [-0.05, 0) is 90.8 Å². The van der Waals surface area contributed by atoms with Gasteiger partial charge in [-0.3, -0.25) is 58.8 Å². The molecule has 0 aliphatic carbocycles. The molecule has 6 rings (SSSR count). The smallest absolute Gasteiger partial charge is 0.334 e. The third-order valence-electron chi connectivity index (χ3n) is 15.1. The van der Waals surface area contributed by atoms with Crippen LogP contribution in [0, 0.1) is 17.1 Å². The normalized spacial score (nSPS) is 13.9. The number of carbonyl (C=O) groups excluding carboxylic acids is 11. The molecule has 0 aliphatic heterocycles. The molecular formula is C64H82FN17O13. The number of phenolic OH excluding ortho intramolecular Hbond substituents is 1. The summed E-state index contributed by atoms with van der Waals surface area (Å²) in [5.41, 5.74) is 19.0. The van der Waals surface area contributed by atoms with Crippen molar-refractivity contribution < 1.29 is 67.3 Å². The second kappa shape index (κ2) is 35.1. The van der Waals surface area contributed by atoms with Crippen molar-refractivity contribution in [1.82, 2.24) is 74.0 Å². The number of aromatic amines is 2. The Hall–Kier alpha value is -11.1. The number of aromatic hydroxyl groups is 1. The topological polar surface area (TPSA) is 480 Å². The lowest BCUT2D eigenvalue weighted by atomic mass is 10.0. The van der Waals surface area contributed by atoms with E-state index in [1.165, 1.54) is 50.4 Å². The Labute approximate surface area is 545 Å². The second-order valence-corrected chi connectivity index (χ2v) is 23.2. The van der Waals surface area contributed by atoms with Gasteiger partial charge in [-0.2, -0.15) is 0 Å². The molecule has 6 aromatic rings. The van der Waals surface area contributed by atoms with Gasteiger partial charge in [0.25, 0.3) is 5.91 Å². The molecule has 12 amide bonds. The van der Waals surface area contributed by atoms with E-state index in [0.29, 0.717) is 27.6 Å². The summed E-state index contributed by atoms with van der Waals surface area (Å²) in [5, 5.41) is 55.7. The average Bonchev–Trinajstić information content (AvgIpc) is 1.69. The first-order chi connectivity index (χ1) is 45.2. The van der Waals surface area contributed by atoms with Gasteiger partial charge in [-0.1, -0.05) is 74.5 Å². The van der Waals surface area contributed by atoms with Crippen molar-refractivity contribution in [3.05, 3.63) is 138 Å². The van der Waals surface area contributed by atoms with Gasteiger partial charge >= 0.3 is 6.03 Å².